The van der Waals surface area contributed by atoms with Crippen molar-refractivity contribution in [3.8, 4) is 23.0 Å². The van der Waals surface area contributed by atoms with Crippen molar-refractivity contribution in [3.05, 3.63) is 64.7 Å². The second-order valence-electron chi connectivity index (χ2n) is 7.28. The predicted molar refractivity (Wildman–Crippen MR) is 124 cm³/mol. The average Bonchev–Trinajstić information content (AvgIpc) is 3.21. The number of hydrogen-bond acceptors (Lipinski definition) is 7. The minimum atomic E-state index is -3.79. The van der Waals surface area contributed by atoms with Crippen LogP contribution < -0.4 is 14.2 Å². The van der Waals surface area contributed by atoms with Crippen molar-refractivity contribution < 1.29 is 17.9 Å². The van der Waals surface area contributed by atoms with Crippen LogP contribution in [0.3, 0.4) is 0 Å². The molecule has 0 atom stereocenters. The van der Waals surface area contributed by atoms with Crippen LogP contribution in [0.25, 0.3) is 17.0 Å². The van der Waals surface area contributed by atoms with Crippen LogP contribution >= 0.6 is 11.6 Å². The number of fused-ring (bicyclic) bond motifs is 1. The lowest BCUT2D eigenvalue weighted by molar-refractivity contribution is 0.305. The van der Waals surface area contributed by atoms with Crippen molar-refractivity contribution in [2.75, 3.05) is 20.3 Å². The highest BCUT2D eigenvalue weighted by molar-refractivity contribution is 7.89. The van der Waals surface area contributed by atoms with Gasteiger partial charge >= 0.3 is 0 Å². The van der Waals surface area contributed by atoms with Gasteiger partial charge in [0.1, 0.15) is 17.3 Å². The lowest BCUT2D eigenvalue weighted by atomic mass is 10.1. The fourth-order valence-electron chi connectivity index (χ4n) is 3.20. The molecule has 4 rings (SSSR count). The van der Waals surface area contributed by atoms with Gasteiger partial charge in [-0.15, -0.1) is 15.3 Å². The van der Waals surface area contributed by atoms with Crippen molar-refractivity contribution in [2.45, 2.75) is 18.7 Å². The van der Waals surface area contributed by atoms with Gasteiger partial charge in [-0.05, 0) is 55.3 Å². The number of nitrogens with one attached hydrogen (secondary N) is 1. The molecule has 2 aromatic carbocycles. The molecule has 33 heavy (non-hydrogen) atoms. The third-order valence-electron chi connectivity index (χ3n) is 5.07. The second kappa shape index (κ2) is 9.34. The number of ether oxygens (including phenoxy) is 2. The first-order chi connectivity index (χ1) is 15.8. The lowest BCUT2D eigenvalue weighted by Gasteiger charge is -2.13. The SMILES string of the molecule is COc1cc(C)c(C)cc1S(=O)(=O)NCCOc1ccc2nnc(-c3ccccc3Cl)n2n1. The number of rotatable bonds is 8. The summed E-state index contributed by atoms with van der Waals surface area (Å²) in [5.41, 5.74) is 3.01. The molecule has 1 N–H and O–H groups in total. The Balaban J connectivity index is 1.46. The Labute approximate surface area is 196 Å². The average molecular weight is 488 g/mol. The van der Waals surface area contributed by atoms with Gasteiger partial charge in [0, 0.05) is 18.2 Å². The molecule has 2 aromatic heterocycles. The summed E-state index contributed by atoms with van der Waals surface area (Å²) in [6.07, 6.45) is 0. The molecule has 0 spiro atoms. The molecular formula is C22H22ClN5O4S. The minimum absolute atomic E-state index is 0.0394. The van der Waals surface area contributed by atoms with Crippen LogP contribution in [0.1, 0.15) is 11.1 Å². The fraction of sp³-hybridized carbons (Fsp3) is 0.227. The summed E-state index contributed by atoms with van der Waals surface area (Å²) in [5, 5.41) is 13.2. The highest BCUT2D eigenvalue weighted by Gasteiger charge is 2.20. The van der Waals surface area contributed by atoms with E-state index in [0.29, 0.717) is 33.7 Å². The maximum absolute atomic E-state index is 12.8. The van der Waals surface area contributed by atoms with Crippen molar-refractivity contribution in [1.29, 1.82) is 0 Å². The Morgan fingerprint density at radius 1 is 1.06 bits per heavy atom. The highest BCUT2D eigenvalue weighted by atomic mass is 35.5. The van der Waals surface area contributed by atoms with Crippen molar-refractivity contribution in [1.82, 2.24) is 24.5 Å². The van der Waals surface area contributed by atoms with E-state index >= 15 is 0 Å². The number of halogens is 1. The number of nitrogens with zero attached hydrogens (tertiary/aromatic N) is 4. The van der Waals surface area contributed by atoms with Gasteiger partial charge in [0.15, 0.2) is 11.5 Å². The summed E-state index contributed by atoms with van der Waals surface area (Å²) in [6, 6.07) is 13.9. The van der Waals surface area contributed by atoms with Gasteiger partial charge in [0.05, 0.1) is 12.1 Å². The van der Waals surface area contributed by atoms with Crippen LogP contribution in [0.5, 0.6) is 11.6 Å². The van der Waals surface area contributed by atoms with E-state index in [2.05, 4.69) is 20.0 Å². The van der Waals surface area contributed by atoms with Gasteiger partial charge in [-0.2, -0.15) is 4.52 Å². The van der Waals surface area contributed by atoms with Gasteiger partial charge in [-0.25, -0.2) is 13.1 Å². The Morgan fingerprint density at radius 3 is 2.58 bits per heavy atom. The van der Waals surface area contributed by atoms with E-state index in [1.165, 1.54) is 11.6 Å². The third kappa shape index (κ3) is 4.77. The molecule has 0 saturated carbocycles. The molecule has 0 unspecified atom stereocenters. The maximum Gasteiger partial charge on any atom is 0.244 e. The summed E-state index contributed by atoms with van der Waals surface area (Å²) >= 11 is 6.28. The molecule has 0 saturated heterocycles. The summed E-state index contributed by atoms with van der Waals surface area (Å²) in [6.45, 7) is 3.85. The Kier molecular flexibility index (Phi) is 6.50. The van der Waals surface area contributed by atoms with E-state index in [4.69, 9.17) is 21.1 Å². The van der Waals surface area contributed by atoms with Crippen LogP contribution in [0.15, 0.2) is 53.4 Å². The van der Waals surface area contributed by atoms with E-state index in [9.17, 15) is 8.42 Å². The van der Waals surface area contributed by atoms with Crippen molar-refractivity contribution >= 4 is 27.3 Å². The normalized spacial score (nSPS) is 11.6. The zero-order valence-electron chi connectivity index (χ0n) is 18.2. The zero-order chi connectivity index (χ0) is 23.6. The summed E-state index contributed by atoms with van der Waals surface area (Å²) < 4.78 is 40.5. The molecule has 9 nitrogen and oxygen atoms in total. The topological polar surface area (TPSA) is 108 Å². The molecule has 4 aromatic rings. The van der Waals surface area contributed by atoms with E-state index in [-0.39, 0.29) is 18.0 Å². The molecule has 0 amide bonds. The minimum Gasteiger partial charge on any atom is -0.495 e. The van der Waals surface area contributed by atoms with Crippen molar-refractivity contribution in [2.24, 2.45) is 0 Å². The first-order valence-electron chi connectivity index (χ1n) is 10.1. The molecule has 0 aliphatic carbocycles. The lowest BCUT2D eigenvalue weighted by Crippen LogP contribution is -2.29. The number of benzene rings is 2. The maximum atomic E-state index is 12.8. The number of sulfonamides is 1. The Hall–Kier alpha value is -3.21. The number of aryl methyl sites for hydroxylation is 2. The van der Waals surface area contributed by atoms with Crippen LogP contribution in [0.4, 0.5) is 0 Å². The smallest absolute Gasteiger partial charge is 0.244 e. The second-order valence-corrected chi connectivity index (χ2v) is 9.42. The van der Waals surface area contributed by atoms with Crippen LogP contribution in [0.2, 0.25) is 5.02 Å². The standard InChI is InChI=1S/C22H22ClN5O4S/c1-14-12-18(31-3)19(13-15(14)2)33(29,30)24-10-11-32-21-9-8-20-25-26-22(28(20)27-21)16-6-4-5-7-17(16)23/h4-9,12-13,24H,10-11H2,1-3H3. The first-order valence-corrected chi connectivity index (χ1v) is 11.9. The fourth-order valence-corrected chi connectivity index (χ4v) is 4.67. The number of methoxy groups -OCH3 is 1. The molecule has 0 aliphatic heterocycles. The molecule has 11 heteroatoms. The van der Waals surface area contributed by atoms with Gasteiger partial charge in [0.2, 0.25) is 15.9 Å². The summed E-state index contributed by atoms with van der Waals surface area (Å²) in [4.78, 5) is 0.0847. The van der Waals surface area contributed by atoms with Crippen LogP contribution in [0, 0.1) is 13.8 Å². The molecule has 0 fully saturated rings. The number of hydrogen-bond donors (Lipinski definition) is 1. The highest BCUT2D eigenvalue weighted by Crippen LogP contribution is 2.28. The van der Waals surface area contributed by atoms with Crippen LogP contribution in [-0.4, -0.2) is 48.5 Å². The molecule has 2 heterocycles. The van der Waals surface area contributed by atoms with Gasteiger partial charge < -0.3 is 9.47 Å². The third-order valence-corrected chi connectivity index (χ3v) is 6.88. The first kappa shape index (κ1) is 23.0. The Morgan fingerprint density at radius 2 is 1.82 bits per heavy atom. The van der Waals surface area contributed by atoms with E-state index in [1.54, 1.807) is 30.3 Å². The predicted octanol–water partition coefficient (Wildman–Crippen LogP) is 3.43. The quantitative estimate of drug-likeness (QED) is 0.379. The Bertz CT molecular complexity index is 1420. The largest absolute Gasteiger partial charge is 0.495 e. The van der Waals surface area contributed by atoms with Crippen molar-refractivity contribution in [3.63, 3.8) is 0 Å². The molecule has 172 valence electrons. The van der Waals surface area contributed by atoms with E-state index < -0.39 is 10.0 Å². The van der Waals surface area contributed by atoms with E-state index in [0.717, 1.165) is 11.1 Å². The van der Waals surface area contributed by atoms with Crippen LogP contribution in [-0.2, 0) is 10.0 Å². The molecular weight excluding hydrogens is 466 g/mol. The zero-order valence-corrected chi connectivity index (χ0v) is 19.8. The van der Waals surface area contributed by atoms with E-state index in [1.807, 2.05) is 32.0 Å². The molecule has 0 radical (unpaired) electrons. The summed E-state index contributed by atoms with van der Waals surface area (Å²) in [5.74, 6) is 1.06. The van der Waals surface area contributed by atoms with Gasteiger partial charge in [-0.3, -0.25) is 0 Å². The monoisotopic (exact) mass is 487 g/mol. The number of aromatic nitrogens is 4. The van der Waals surface area contributed by atoms with Gasteiger partial charge in [-0.1, -0.05) is 23.7 Å². The molecule has 0 aliphatic rings. The van der Waals surface area contributed by atoms with Gasteiger partial charge in [0.25, 0.3) is 0 Å². The molecule has 0 bridgehead atoms. The summed E-state index contributed by atoms with van der Waals surface area (Å²) in [7, 11) is -2.34.